The third-order valence-electron chi connectivity index (χ3n) is 6.05. The number of hydrogen-bond donors (Lipinski definition) is 0. The molecule has 32 heavy (non-hydrogen) atoms. The molecule has 6 heteroatoms. The van der Waals surface area contributed by atoms with Gasteiger partial charge in [-0.3, -0.25) is 4.99 Å². The van der Waals surface area contributed by atoms with Crippen LogP contribution in [0.15, 0.2) is 65.3 Å². The quantitative estimate of drug-likeness (QED) is 0.652. The molecule has 0 saturated carbocycles. The maximum absolute atomic E-state index is 13.6. The van der Waals surface area contributed by atoms with E-state index in [2.05, 4.69) is 31.0 Å². The van der Waals surface area contributed by atoms with Crippen LogP contribution in [-0.4, -0.2) is 44.4 Å². The Hall–Kier alpha value is -2.73. The Labute approximate surface area is 190 Å². The van der Waals surface area contributed by atoms with Crippen molar-refractivity contribution < 1.29 is 12.8 Å². The molecular weight excluding hydrogens is 423 g/mol. The number of aliphatic imine (C=N–C) groups is 1. The van der Waals surface area contributed by atoms with Gasteiger partial charge in [-0.05, 0) is 52.9 Å². The minimum atomic E-state index is -3.16. The highest BCUT2D eigenvalue weighted by molar-refractivity contribution is 7.90. The van der Waals surface area contributed by atoms with Crippen molar-refractivity contribution in [3.8, 4) is 0 Å². The number of rotatable bonds is 5. The fraction of sp³-hybridized carbons (Fsp3) is 0.346. The lowest BCUT2D eigenvalue weighted by atomic mass is 9.85. The number of nitrogens with zero attached hydrogens (tertiary/aromatic N) is 2. The minimum Gasteiger partial charge on any atom is -0.376 e. The smallest absolute Gasteiger partial charge is 0.154 e. The van der Waals surface area contributed by atoms with Crippen LogP contribution in [0.2, 0.25) is 0 Å². The molecule has 168 valence electrons. The van der Waals surface area contributed by atoms with Crippen molar-refractivity contribution in [3.63, 3.8) is 0 Å². The van der Waals surface area contributed by atoms with Crippen LogP contribution >= 0.6 is 0 Å². The average Bonchev–Trinajstić information content (AvgIpc) is 2.89. The van der Waals surface area contributed by atoms with Crippen molar-refractivity contribution in [3.05, 3.63) is 88.4 Å². The Kier molecular flexibility index (Phi) is 6.08. The lowest BCUT2D eigenvalue weighted by Crippen LogP contribution is -2.23. The van der Waals surface area contributed by atoms with Gasteiger partial charge in [-0.1, -0.05) is 39.0 Å². The Morgan fingerprint density at radius 2 is 1.84 bits per heavy atom. The molecule has 2 aromatic carbocycles. The molecule has 4 rings (SSSR count). The summed E-state index contributed by atoms with van der Waals surface area (Å²) in [5.41, 5.74) is 6.56. The van der Waals surface area contributed by atoms with Gasteiger partial charge in [-0.15, -0.1) is 0 Å². The highest BCUT2D eigenvalue weighted by Crippen LogP contribution is 2.39. The molecular formula is C26H29FN2O2S. The molecule has 2 aliphatic rings. The van der Waals surface area contributed by atoms with E-state index in [4.69, 9.17) is 4.99 Å². The van der Waals surface area contributed by atoms with Crippen LogP contribution in [0.5, 0.6) is 0 Å². The molecule has 0 bridgehead atoms. The SMILES string of the molecule is CCS(=O)(=O)Cc1ccc2c(c1)C1=CN(C)CC=C1[C@H](C(C)C)N=C2c1ccc(F)cc1. The van der Waals surface area contributed by atoms with Gasteiger partial charge in [0.15, 0.2) is 9.84 Å². The van der Waals surface area contributed by atoms with E-state index in [-0.39, 0.29) is 29.3 Å². The van der Waals surface area contributed by atoms with Gasteiger partial charge in [0, 0.05) is 42.2 Å². The summed E-state index contributed by atoms with van der Waals surface area (Å²) >= 11 is 0. The second kappa shape index (κ2) is 8.66. The predicted molar refractivity (Wildman–Crippen MR) is 129 cm³/mol. The van der Waals surface area contributed by atoms with E-state index in [1.165, 1.54) is 12.1 Å². The van der Waals surface area contributed by atoms with Crippen molar-refractivity contribution in [2.24, 2.45) is 10.9 Å². The number of benzene rings is 2. The second-order valence-corrected chi connectivity index (χ2v) is 11.2. The highest BCUT2D eigenvalue weighted by atomic mass is 32.2. The largest absolute Gasteiger partial charge is 0.376 e. The molecule has 0 radical (unpaired) electrons. The maximum Gasteiger partial charge on any atom is 0.154 e. The van der Waals surface area contributed by atoms with Crippen molar-refractivity contribution in [1.82, 2.24) is 4.90 Å². The summed E-state index contributed by atoms with van der Waals surface area (Å²) in [7, 11) is -1.13. The molecule has 0 fully saturated rings. The van der Waals surface area contributed by atoms with Crippen LogP contribution < -0.4 is 0 Å². The summed E-state index contributed by atoms with van der Waals surface area (Å²) in [5.74, 6) is 0.0933. The first-order chi connectivity index (χ1) is 15.2. The van der Waals surface area contributed by atoms with Crippen LogP contribution in [0.1, 0.15) is 43.0 Å². The van der Waals surface area contributed by atoms with Gasteiger partial charge < -0.3 is 4.90 Å². The molecule has 2 aliphatic heterocycles. The van der Waals surface area contributed by atoms with Crippen LogP contribution in [0.3, 0.4) is 0 Å². The number of likely N-dealkylation sites (N-methyl/N-ethyl adjacent to an activating group) is 1. The highest BCUT2D eigenvalue weighted by Gasteiger charge is 2.31. The van der Waals surface area contributed by atoms with Crippen molar-refractivity contribution >= 4 is 21.1 Å². The molecule has 0 aliphatic carbocycles. The van der Waals surface area contributed by atoms with Gasteiger partial charge in [-0.2, -0.15) is 0 Å². The van der Waals surface area contributed by atoms with Crippen molar-refractivity contribution in [1.29, 1.82) is 0 Å². The zero-order valence-corrected chi connectivity index (χ0v) is 19.8. The van der Waals surface area contributed by atoms with Gasteiger partial charge in [0.1, 0.15) is 5.82 Å². The second-order valence-electron chi connectivity index (χ2n) is 8.87. The lowest BCUT2D eigenvalue weighted by Gasteiger charge is -2.28. The summed E-state index contributed by atoms with van der Waals surface area (Å²) in [6.07, 6.45) is 4.35. The van der Waals surface area contributed by atoms with Gasteiger partial charge in [0.25, 0.3) is 0 Å². The summed E-state index contributed by atoms with van der Waals surface area (Å²) in [4.78, 5) is 7.32. The normalized spacial score (nSPS) is 18.4. The maximum atomic E-state index is 13.6. The van der Waals surface area contributed by atoms with E-state index in [0.717, 1.165) is 45.7 Å². The van der Waals surface area contributed by atoms with Crippen LogP contribution in [0.25, 0.3) is 5.57 Å². The number of fused-ring (bicyclic) bond motifs is 3. The Balaban J connectivity index is 1.96. The molecule has 0 N–H and O–H groups in total. The fourth-order valence-corrected chi connectivity index (χ4v) is 5.19. The third-order valence-corrected chi connectivity index (χ3v) is 7.70. The molecule has 1 atom stereocenters. The number of sulfone groups is 1. The van der Waals surface area contributed by atoms with Gasteiger partial charge in [-0.25, -0.2) is 12.8 Å². The van der Waals surface area contributed by atoms with E-state index in [1.54, 1.807) is 19.1 Å². The Bertz CT molecular complexity index is 1220. The van der Waals surface area contributed by atoms with E-state index >= 15 is 0 Å². The van der Waals surface area contributed by atoms with E-state index in [1.807, 2.05) is 25.2 Å². The first kappa shape index (κ1) is 22.5. The van der Waals surface area contributed by atoms with Crippen LogP contribution in [0.4, 0.5) is 4.39 Å². The average molecular weight is 453 g/mol. The molecule has 4 nitrogen and oxygen atoms in total. The third kappa shape index (κ3) is 4.42. The van der Waals surface area contributed by atoms with Gasteiger partial charge in [0.2, 0.25) is 0 Å². The Morgan fingerprint density at radius 3 is 2.50 bits per heavy atom. The molecule has 0 amide bonds. The summed E-state index contributed by atoms with van der Waals surface area (Å²) in [6, 6.07) is 12.2. The van der Waals surface area contributed by atoms with Crippen LogP contribution in [0, 0.1) is 11.7 Å². The molecule has 0 aromatic heterocycles. The van der Waals surface area contributed by atoms with Crippen molar-refractivity contribution in [2.75, 3.05) is 19.3 Å². The first-order valence-electron chi connectivity index (χ1n) is 11.0. The van der Waals surface area contributed by atoms with E-state index in [9.17, 15) is 12.8 Å². The first-order valence-corrected chi connectivity index (χ1v) is 12.8. The minimum absolute atomic E-state index is 0.00950. The van der Waals surface area contributed by atoms with Crippen molar-refractivity contribution in [2.45, 2.75) is 32.6 Å². The monoisotopic (exact) mass is 452 g/mol. The van der Waals surface area contributed by atoms with Gasteiger partial charge in [0.05, 0.1) is 17.5 Å². The molecule has 0 spiro atoms. The molecule has 0 saturated heterocycles. The fourth-order valence-electron chi connectivity index (χ4n) is 4.30. The molecule has 2 aromatic rings. The number of hydrogen-bond acceptors (Lipinski definition) is 4. The summed E-state index contributed by atoms with van der Waals surface area (Å²) in [6.45, 7) is 6.78. The summed E-state index contributed by atoms with van der Waals surface area (Å²) < 4.78 is 38.3. The van der Waals surface area contributed by atoms with E-state index in [0.29, 0.717) is 0 Å². The summed E-state index contributed by atoms with van der Waals surface area (Å²) in [5, 5.41) is 0. The van der Waals surface area contributed by atoms with E-state index < -0.39 is 9.84 Å². The topological polar surface area (TPSA) is 49.7 Å². The van der Waals surface area contributed by atoms with Gasteiger partial charge >= 0.3 is 0 Å². The zero-order chi connectivity index (χ0) is 23.0. The standard InChI is InChI=1S/C26H29FN2O2S/c1-5-32(30,31)16-18-6-11-21-23(14-18)24-15-29(4)13-12-22(24)25(17(2)3)28-26(21)19-7-9-20(27)10-8-19/h6-12,14-15,17,25H,5,13,16H2,1-4H3/t25-/m0/s1. The number of halogens is 1. The zero-order valence-electron chi connectivity index (χ0n) is 19.0. The Morgan fingerprint density at radius 1 is 1.12 bits per heavy atom. The molecule has 0 unspecified atom stereocenters. The molecule has 2 heterocycles. The predicted octanol–water partition coefficient (Wildman–Crippen LogP) is 4.85. The lowest BCUT2D eigenvalue weighted by molar-refractivity contribution is 0.493. The van der Waals surface area contributed by atoms with Crippen LogP contribution in [-0.2, 0) is 15.6 Å².